The largest absolute Gasteiger partial charge is 0.507 e. The molecule has 0 saturated carbocycles. The molecule has 1 heterocycles. The molecule has 0 unspecified atom stereocenters. The number of fused-ring (bicyclic) bond motifs is 1. The molecule has 2 aromatic carbocycles. The van der Waals surface area contributed by atoms with Crippen molar-refractivity contribution in [2.75, 3.05) is 0 Å². The average molecular weight is 295 g/mol. The Bertz CT molecular complexity index is 709. The van der Waals surface area contributed by atoms with E-state index in [1.54, 1.807) is 11.0 Å². The quantitative estimate of drug-likeness (QED) is 0.910. The Hall–Kier alpha value is -2.29. The van der Waals surface area contributed by atoms with Crippen molar-refractivity contribution in [2.45, 2.75) is 39.8 Å². The molecule has 0 spiro atoms. The van der Waals surface area contributed by atoms with Gasteiger partial charge in [0, 0.05) is 13.1 Å². The number of amides is 1. The number of carbonyl (C=O) groups is 1. The molecule has 0 aromatic heterocycles. The molecule has 0 aliphatic carbocycles. The highest BCUT2D eigenvalue weighted by Crippen LogP contribution is 2.30. The summed E-state index contributed by atoms with van der Waals surface area (Å²) in [5.41, 5.74) is 4.91. The zero-order valence-corrected chi connectivity index (χ0v) is 13.3. The fourth-order valence-corrected chi connectivity index (χ4v) is 3.15. The molecular weight excluding hydrogens is 274 g/mol. The third kappa shape index (κ3) is 2.47. The third-order valence-electron chi connectivity index (χ3n) is 4.36. The molecular formula is C19H21NO2. The first-order valence-corrected chi connectivity index (χ1v) is 7.67. The first-order chi connectivity index (χ1) is 10.5. The molecule has 3 rings (SSSR count). The lowest BCUT2D eigenvalue weighted by Gasteiger charge is -2.19. The van der Waals surface area contributed by atoms with Crippen LogP contribution in [-0.2, 0) is 13.1 Å². The van der Waals surface area contributed by atoms with E-state index >= 15 is 0 Å². The van der Waals surface area contributed by atoms with E-state index in [0.29, 0.717) is 24.6 Å². The first kappa shape index (κ1) is 14.6. The Morgan fingerprint density at radius 2 is 1.73 bits per heavy atom. The number of aromatic hydroxyl groups is 1. The first-order valence-electron chi connectivity index (χ1n) is 7.67. The zero-order chi connectivity index (χ0) is 15.9. The highest BCUT2D eigenvalue weighted by molar-refractivity contribution is 5.97. The molecule has 2 aromatic rings. The summed E-state index contributed by atoms with van der Waals surface area (Å²) < 4.78 is 0. The molecule has 1 aliphatic heterocycles. The van der Waals surface area contributed by atoms with Gasteiger partial charge in [0.2, 0.25) is 0 Å². The molecule has 0 fully saturated rings. The molecule has 1 aliphatic rings. The number of carbonyl (C=O) groups excluding carboxylic acids is 1. The van der Waals surface area contributed by atoms with Crippen molar-refractivity contribution in [1.82, 2.24) is 4.90 Å². The van der Waals surface area contributed by atoms with Gasteiger partial charge >= 0.3 is 0 Å². The molecule has 22 heavy (non-hydrogen) atoms. The Balaban J connectivity index is 1.92. The number of nitrogens with zero attached hydrogens (tertiary/aromatic N) is 1. The number of benzene rings is 2. The predicted molar refractivity (Wildman–Crippen MR) is 87.0 cm³/mol. The summed E-state index contributed by atoms with van der Waals surface area (Å²) in [5.74, 6) is 0.293. The van der Waals surface area contributed by atoms with Crippen LogP contribution in [0.4, 0.5) is 0 Å². The van der Waals surface area contributed by atoms with Crippen LogP contribution in [-0.4, -0.2) is 15.9 Å². The highest BCUT2D eigenvalue weighted by Gasteiger charge is 2.26. The monoisotopic (exact) mass is 295 g/mol. The van der Waals surface area contributed by atoms with E-state index < -0.39 is 0 Å². The number of hydrogen-bond donors (Lipinski definition) is 1. The maximum absolute atomic E-state index is 12.8. The lowest BCUT2D eigenvalue weighted by Crippen LogP contribution is -2.25. The number of phenolic OH excluding ortho intramolecular Hbond substituents is 1. The van der Waals surface area contributed by atoms with Crippen molar-refractivity contribution in [3.05, 3.63) is 64.2 Å². The van der Waals surface area contributed by atoms with E-state index in [1.807, 2.05) is 25.1 Å². The maximum atomic E-state index is 12.8. The van der Waals surface area contributed by atoms with Crippen molar-refractivity contribution < 1.29 is 9.90 Å². The summed E-state index contributed by atoms with van der Waals surface area (Å²) in [6, 6.07) is 11.6. The predicted octanol–water partition coefficient (Wildman–Crippen LogP) is 3.98. The van der Waals surface area contributed by atoms with Gasteiger partial charge < -0.3 is 10.0 Å². The van der Waals surface area contributed by atoms with Gasteiger partial charge in [0.25, 0.3) is 5.91 Å². The van der Waals surface area contributed by atoms with Crippen molar-refractivity contribution in [2.24, 2.45) is 0 Å². The van der Waals surface area contributed by atoms with E-state index in [-0.39, 0.29) is 11.7 Å². The number of hydrogen-bond acceptors (Lipinski definition) is 2. The normalized spacial score (nSPS) is 13.5. The minimum atomic E-state index is -0.101. The fourth-order valence-electron chi connectivity index (χ4n) is 3.15. The third-order valence-corrected chi connectivity index (χ3v) is 4.36. The Labute approximate surface area is 131 Å². The summed E-state index contributed by atoms with van der Waals surface area (Å²) in [5, 5.41) is 10.2. The van der Waals surface area contributed by atoms with Gasteiger partial charge in [-0.15, -0.1) is 0 Å². The average Bonchev–Trinajstić information content (AvgIpc) is 2.90. The van der Waals surface area contributed by atoms with Crippen molar-refractivity contribution in [3.8, 4) is 5.75 Å². The summed E-state index contributed by atoms with van der Waals surface area (Å²) in [6.07, 6.45) is 0. The van der Waals surface area contributed by atoms with Crippen LogP contribution in [0, 0.1) is 6.92 Å². The Morgan fingerprint density at radius 1 is 1.14 bits per heavy atom. The smallest absolute Gasteiger partial charge is 0.258 e. The summed E-state index contributed by atoms with van der Waals surface area (Å²) >= 11 is 0. The topological polar surface area (TPSA) is 40.5 Å². The van der Waals surface area contributed by atoms with Gasteiger partial charge in [-0.25, -0.2) is 0 Å². The molecule has 0 radical (unpaired) electrons. The standard InChI is InChI=1S/C19H21NO2/c1-12(2)16-9-17(18(21)8-13(16)3)19(22)20-10-14-6-4-5-7-15(14)11-20/h4-9,12,21H,10-11H2,1-3H3. The van der Waals surface area contributed by atoms with E-state index in [2.05, 4.69) is 26.0 Å². The van der Waals surface area contributed by atoms with Crippen LogP contribution >= 0.6 is 0 Å². The van der Waals surface area contributed by atoms with Crippen LogP contribution in [0.3, 0.4) is 0 Å². The highest BCUT2D eigenvalue weighted by atomic mass is 16.3. The Kier molecular flexibility index (Phi) is 3.65. The summed E-state index contributed by atoms with van der Waals surface area (Å²) in [7, 11) is 0. The van der Waals surface area contributed by atoms with Crippen LogP contribution in [0.5, 0.6) is 5.75 Å². The number of rotatable bonds is 2. The van der Waals surface area contributed by atoms with Crippen molar-refractivity contribution >= 4 is 5.91 Å². The summed E-state index contributed by atoms with van der Waals surface area (Å²) in [6.45, 7) is 7.38. The molecule has 1 amide bonds. The Morgan fingerprint density at radius 3 is 2.27 bits per heavy atom. The van der Waals surface area contributed by atoms with E-state index in [1.165, 1.54) is 11.1 Å². The second kappa shape index (κ2) is 5.48. The van der Waals surface area contributed by atoms with Crippen molar-refractivity contribution in [1.29, 1.82) is 0 Å². The van der Waals surface area contributed by atoms with Gasteiger partial charge in [0.15, 0.2) is 0 Å². The van der Waals surface area contributed by atoms with Gasteiger partial charge in [-0.3, -0.25) is 4.79 Å². The number of aryl methyl sites for hydroxylation is 1. The van der Waals surface area contributed by atoms with Gasteiger partial charge in [-0.2, -0.15) is 0 Å². The molecule has 3 nitrogen and oxygen atoms in total. The molecule has 0 saturated heterocycles. The fraction of sp³-hybridized carbons (Fsp3) is 0.316. The second-order valence-electron chi connectivity index (χ2n) is 6.31. The molecule has 1 N–H and O–H groups in total. The van der Waals surface area contributed by atoms with Crippen LogP contribution < -0.4 is 0 Å². The number of phenols is 1. The summed E-state index contributed by atoms with van der Waals surface area (Å²) in [4.78, 5) is 14.6. The molecule has 0 atom stereocenters. The second-order valence-corrected chi connectivity index (χ2v) is 6.31. The van der Waals surface area contributed by atoms with Crippen LogP contribution in [0.1, 0.15) is 52.4 Å². The zero-order valence-electron chi connectivity index (χ0n) is 13.3. The minimum Gasteiger partial charge on any atom is -0.507 e. The molecule has 114 valence electrons. The molecule has 3 heteroatoms. The molecule has 0 bridgehead atoms. The van der Waals surface area contributed by atoms with Crippen molar-refractivity contribution in [3.63, 3.8) is 0 Å². The van der Waals surface area contributed by atoms with Gasteiger partial charge in [0.05, 0.1) is 5.56 Å². The van der Waals surface area contributed by atoms with E-state index in [9.17, 15) is 9.90 Å². The van der Waals surface area contributed by atoms with Crippen LogP contribution in [0.2, 0.25) is 0 Å². The van der Waals surface area contributed by atoms with Crippen LogP contribution in [0.25, 0.3) is 0 Å². The lowest BCUT2D eigenvalue weighted by molar-refractivity contribution is 0.0748. The maximum Gasteiger partial charge on any atom is 0.258 e. The van der Waals surface area contributed by atoms with E-state index in [0.717, 1.165) is 11.1 Å². The lowest BCUT2D eigenvalue weighted by atomic mass is 9.95. The van der Waals surface area contributed by atoms with Gasteiger partial charge in [0.1, 0.15) is 5.75 Å². The minimum absolute atomic E-state index is 0.0721. The van der Waals surface area contributed by atoms with E-state index in [4.69, 9.17) is 0 Å². The van der Waals surface area contributed by atoms with Gasteiger partial charge in [-0.05, 0) is 47.2 Å². The van der Waals surface area contributed by atoms with Crippen LogP contribution in [0.15, 0.2) is 36.4 Å². The van der Waals surface area contributed by atoms with Gasteiger partial charge in [-0.1, -0.05) is 38.1 Å². The SMILES string of the molecule is Cc1cc(O)c(C(=O)N2Cc3ccccc3C2)cc1C(C)C.